The zero-order chi connectivity index (χ0) is 37.0. The molecule has 2 N–H and O–H groups in total. The number of carboxylic acid groups (broad SMARTS) is 1. The fourth-order valence-electron chi connectivity index (χ4n) is 7.62. The van der Waals surface area contributed by atoms with Gasteiger partial charge in [-0.2, -0.15) is 4.31 Å². The van der Waals surface area contributed by atoms with E-state index >= 15 is 8.42 Å². The van der Waals surface area contributed by atoms with E-state index in [1.54, 1.807) is 16.4 Å². The van der Waals surface area contributed by atoms with Crippen LogP contribution in [0.25, 0.3) is 33.2 Å². The molecule has 0 amide bonds. The Kier molecular flexibility index (Phi) is 13.8. The minimum absolute atomic E-state index is 0. The first-order valence-corrected chi connectivity index (χ1v) is 19.5. The molecule has 2 heterocycles. The molecule has 0 bridgehead atoms. The third-order valence-electron chi connectivity index (χ3n) is 10.1. The second-order valence-corrected chi connectivity index (χ2v) is 16.1. The van der Waals surface area contributed by atoms with E-state index in [1.165, 1.54) is 17.7 Å². The standard InChI is InChI=1S/C42H47FN2O6S.Na/c1-28(2)40-42(52(50,51)44-21-18-30(19-22-44)24-29-8-4-3-5-9-29)39(34-13-12-31-10-6-7-11-33(31)25-34)41(32-14-16-35(43)17-15-32)45(40)23-20-36(46)26-37(47)27-38(48)49;/h3-17,25,28,30,36-37,46-47H,18-24,26-27H2,1-2H3,(H,48,49);/q;+1/p-1/t36-,37-;/m1./s1. The molecule has 2 atom stereocenters. The molecule has 1 fully saturated rings. The van der Waals surface area contributed by atoms with Gasteiger partial charge < -0.3 is 24.7 Å². The number of aromatic nitrogens is 1. The number of benzene rings is 4. The fraction of sp³-hybridized carbons (Fsp3) is 0.357. The van der Waals surface area contributed by atoms with Gasteiger partial charge in [0.1, 0.15) is 10.7 Å². The van der Waals surface area contributed by atoms with Gasteiger partial charge in [-0.1, -0.05) is 80.6 Å². The van der Waals surface area contributed by atoms with Gasteiger partial charge in [0.05, 0.1) is 17.9 Å². The maximum absolute atomic E-state index is 15.2. The van der Waals surface area contributed by atoms with Crippen LogP contribution in [-0.2, 0) is 27.8 Å². The van der Waals surface area contributed by atoms with E-state index in [0.717, 1.165) is 30.0 Å². The van der Waals surface area contributed by atoms with Crippen LogP contribution >= 0.6 is 0 Å². The summed E-state index contributed by atoms with van der Waals surface area (Å²) < 4.78 is 48.3. The number of rotatable bonds is 14. The quantitative estimate of drug-likeness (QED) is 0.168. The van der Waals surface area contributed by atoms with E-state index in [2.05, 4.69) is 12.1 Å². The predicted octanol–water partition coefficient (Wildman–Crippen LogP) is 3.53. The zero-order valence-electron chi connectivity index (χ0n) is 30.6. The van der Waals surface area contributed by atoms with Crippen molar-refractivity contribution in [2.45, 2.75) is 81.9 Å². The first-order valence-electron chi connectivity index (χ1n) is 18.0. The second-order valence-electron chi connectivity index (χ2n) is 14.3. The molecule has 8 nitrogen and oxygen atoms in total. The summed E-state index contributed by atoms with van der Waals surface area (Å²) in [4.78, 5) is 11.3. The number of sulfonamides is 1. The van der Waals surface area contributed by atoms with Crippen molar-refractivity contribution in [1.82, 2.24) is 8.87 Å². The number of aliphatic carboxylic acids is 1. The van der Waals surface area contributed by atoms with Crippen LogP contribution in [0.3, 0.4) is 0 Å². The third-order valence-corrected chi connectivity index (χ3v) is 12.1. The van der Waals surface area contributed by atoms with Gasteiger partial charge >= 0.3 is 29.6 Å². The third kappa shape index (κ3) is 9.49. The van der Waals surface area contributed by atoms with Gasteiger partial charge in [0.25, 0.3) is 0 Å². The number of carbonyl (C=O) groups excluding carboxylic acids is 1. The monoisotopic (exact) mass is 748 g/mol. The first-order chi connectivity index (χ1) is 24.9. The summed E-state index contributed by atoms with van der Waals surface area (Å²) in [6, 6.07) is 30.0. The van der Waals surface area contributed by atoms with Crippen LogP contribution in [0.4, 0.5) is 4.39 Å². The van der Waals surface area contributed by atoms with Crippen LogP contribution in [0, 0.1) is 11.7 Å². The number of hydrogen-bond acceptors (Lipinski definition) is 6. The molecule has 1 aromatic heterocycles. The number of nitrogens with zero attached hydrogens (tertiary/aromatic N) is 2. The second kappa shape index (κ2) is 17.9. The summed E-state index contributed by atoms with van der Waals surface area (Å²) in [6.07, 6.45) is -0.711. The summed E-state index contributed by atoms with van der Waals surface area (Å²) in [5.74, 6) is -1.77. The van der Waals surface area contributed by atoms with Gasteiger partial charge in [0.15, 0.2) is 0 Å². The summed E-state index contributed by atoms with van der Waals surface area (Å²) >= 11 is 0. The first kappa shape index (κ1) is 40.8. The average molecular weight is 749 g/mol. The molecule has 1 aliphatic rings. The molecule has 11 heteroatoms. The van der Waals surface area contributed by atoms with Crippen molar-refractivity contribution in [3.63, 3.8) is 0 Å². The smallest absolute Gasteiger partial charge is 0.550 e. The van der Waals surface area contributed by atoms with Gasteiger partial charge in [-0.15, -0.1) is 0 Å². The normalized spacial score (nSPS) is 15.4. The number of hydrogen-bond donors (Lipinski definition) is 2. The summed E-state index contributed by atoms with van der Waals surface area (Å²) in [6.45, 7) is 4.79. The topological polar surface area (TPSA) is 123 Å². The summed E-state index contributed by atoms with van der Waals surface area (Å²) in [5, 5.41) is 34.2. The van der Waals surface area contributed by atoms with Gasteiger partial charge in [0, 0.05) is 43.3 Å². The number of aliphatic hydroxyl groups excluding tert-OH is 2. The van der Waals surface area contributed by atoms with Crippen LogP contribution in [0.1, 0.15) is 63.1 Å². The molecule has 6 rings (SSSR count). The van der Waals surface area contributed by atoms with E-state index in [9.17, 15) is 24.5 Å². The SMILES string of the molecule is CC(C)c1c(S(=O)(=O)N2CCC(Cc3ccccc3)CC2)c(-c2ccc3ccccc3c2)c(-c2ccc(F)cc2)n1CC[C@@H](O)C[C@@H](O)CC(=O)[O-].[Na+]. The fourth-order valence-corrected chi connectivity index (χ4v) is 9.65. The van der Waals surface area contributed by atoms with Crippen molar-refractivity contribution < 1.29 is 62.5 Å². The number of carboxylic acids is 1. The Labute approximate surface area is 333 Å². The largest absolute Gasteiger partial charge is 1.00 e. The van der Waals surface area contributed by atoms with Gasteiger partial charge in [-0.05, 0) is 102 Å². The van der Waals surface area contributed by atoms with Crippen molar-refractivity contribution in [1.29, 1.82) is 0 Å². The Bertz CT molecular complexity index is 2110. The van der Waals surface area contributed by atoms with Crippen LogP contribution in [0.2, 0.25) is 0 Å². The maximum atomic E-state index is 15.2. The molecule has 1 saturated heterocycles. The Hall–Kier alpha value is -3.35. The molecular formula is C42H46FN2NaO6S. The Balaban J connectivity index is 0.00000541. The molecule has 4 aromatic carbocycles. The molecule has 0 aliphatic carbocycles. The molecule has 53 heavy (non-hydrogen) atoms. The Morgan fingerprint density at radius 1 is 0.868 bits per heavy atom. The number of piperidine rings is 1. The van der Waals surface area contributed by atoms with E-state index in [0.29, 0.717) is 47.1 Å². The van der Waals surface area contributed by atoms with Crippen molar-refractivity contribution in [3.8, 4) is 22.4 Å². The number of aliphatic hydroxyl groups is 2. The van der Waals surface area contributed by atoms with Crippen LogP contribution in [0.5, 0.6) is 0 Å². The number of fused-ring (bicyclic) bond motifs is 1. The molecule has 0 radical (unpaired) electrons. The molecule has 0 saturated carbocycles. The molecule has 5 aromatic rings. The summed E-state index contributed by atoms with van der Waals surface area (Å²) in [7, 11) is -4.09. The van der Waals surface area contributed by atoms with Crippen LogP contribution < -0.4 is 34.7 Å². The molecule has 274 valence electrons. The number of carbonyl (C=O) groups is 1. The van der Waals surface area contributed by atoms with Crippen LogP contribution in [0.15, 0.2) is 102 Å². The van der Waals surface area contributed by atoms with Gasteiger partial charge in [-0.3, -0.25) is 0 Å². The molecule has 0 unspecified atom stereocenters. The molecular weight excluding hydrogens is 703 g/mol. The minimum Gasteiger partial charge on any atom is -0.550 e. The van der Waals surface area contributed by atoms with E-state index in [-0.39, 0.29) is 59.8 Å². The van der Waals surface area contributed by atoms with Gasteiger partial charge in [-0.25, -0.2) is 12.8 Å². The van der Waals surface area contributed by atoms with E-state index in [4.69, 9.17) is 0 Å². The Morgan fingerprint density at radius 2 is 1.49 bits per heavy atom. The van der Waals surface area contributed by atoms with E-state index < -0.39 is 40.4 Å². The molecule has 1 aliphatic heterocycles. The molecule has 0 spiro atoms. The van der Waals surface area contributed by atoms with Crippen molar-refractivity contribution in [2.24, 2.45) is 5.92 Å². The van der Waals surface area contributed by atoms with Crippen LogP contribution in [-0.4, -0.2) is 58.8 Å². The van der Waals surface area contributed by atoms with Crippen molar-refractivity contribution in [2.75, 3.05) is 13.1 Å². The maximum Gasteiger partial charge on any atom is 1.00 e. The van der Waals surface area contributed by atoms with Crippen molar-refractivity contribution >= 4 is 26.8 Å². The summed E-state index contributed by atoms with van der Waals surface area (Å²) in [5.41, 5.74) is 4.20. The predicted molar refractivity (Wildman–Crippen MR) is 199 cm³/mol. The van der Waals surface area contributed by atoms with E-state index in [1.807, 2.05) is 79.1 Å². The average Bonchev–Trinajstić information content (AvgIpc) is 3.47. The number of halogens is 1. The Morgan fingerprint density at radius 3 is 2.13 bits per heavy atom. The van der Waals surface area contributed by atoms with Gasteiger partial charge in [0.2, 0.25) is 10.0 Å². The minimum atomic E-state index is -4.09. The zero-order valence-corrected chi connectivity index (χ0v) is 33.4. The van der Waals surface area contributed by atoms with Crippen molar-refractivity contribution in [3.05, 3.63) is 114 Å².